The summed E-state index contributed by atoms with van der Waals surface area (Å²) in [5.41, 5.74) is 13.6. The Hall–Kier alpha value is -7.56. The minimum atomic E-state index is 0.621. The zero-order chi connectivity index (χ0) is 37.5. The van der Waals surface area contributed by atoms with Gasteiger partial charge in [-0.15, -0.1) is 0 Å². The maximum Gasteiger partial charge on any atom is 0.164 e. The van der Waals surface area contributed by atoms with Crippen molar-refractivity contribution in [1.29, 1.82) is 0 Å². The zero-order valence-electron chi connectivity index (χ0n) is 30.6. The Morgan fingerprint density at radius 2 is 0.554 bits per heavy atom. The summed E-state index contributed by atoms with van der Waals surface area (Å²) in [5.74, 6) is 1.90. The van der Waals surface area contributed by atoms with Crippen LogP contribution in [0, 0.1) is 0 Å². The van der Waals surface area contributed by atoms with Crippen LogP contribution < -0.4 is 0 Å². The second-order valence-electron chi connectivity index (χ2n) is 13.5. The molecule has 0 aliphatic rings. The van der Waals surface area contributed by atoms with Crippen molar-refractivity contribution in [1.82, 2.24) is 19.9 Å². The molecule has 264 valence electrons. The molecular weight excluding hydrogens is 681 g/mol. The number of pyridine rings is 1. The fourth-order valence-electron chi connectivity index (χ4n) is 7.04. The van der Waals surface area contributed by atoms with Gasteiger partial charge in [0.05, 0.1) is 11.4 Å². The van der Waals surface area contributed by atoms with E-state index in [9.17, 15) is 0 Å². The number of aromatic nitrogens is 4. The van der Waals surface area contributed by atoms with Crippen molar-refractivity contribution >= 4 is 11.1 Å². The van der Waals surface area contributed by atoms with Gasteiger partial charge in [-0.2, -0.15) is 0 Å². The van der Waals surface area contributed by atoms with E-state index < -0.39 is 0 Å². The van der Waals surface area contributed by atoms with Crippen molar-refractivity contribution in [2.45, 2.75) is 0 Å². The standard InChI is InChI=1S/C52H36N4/c1-6-18-38(19-7-1)48(39-20-8-2-9-21-39)49(40-22-10-3-11-23-40)45-29-16-28-44(36-45)47-31-17-30-46(53-47)37-32-34-43(35-33-37)52-55-50(41-24-12-4-13-25-41)54-51(56-52)42-26-14-5-15-27-42/h1-36H. The Kier molecular flexibility index (Phi) is 9.66. The van der Waals surface area contributed by atoms with E-state index in [2.05, 4.69) is 158 Å². The first-order valence-electron chi connectivity index (χ1n) is 18.7. The molecule has 2 aromatic heterocycles. The van der Waals surface area contributed by atoms with Crippen molar-refractivity contribution in [3.63, 3.8) is 0 Å². The molecule has 0 aliphatic heterocycles. The summed E-state index contributed by atoms with van der Waals surface area (Å²) in [6, 6.07) is 75.3. The lowest BCUT2D eigenvalue weighted by atomic mass is 9.85. The van der Waals surface area contributed by atoms with Crippen molar-refractivity contribution in [3.05, 3.63) is 241 Å². The Morgan fingerprint density at radius 3 is 1.02 bits per heavy atom. The molecule has 0 bridgehead atoms. The molecule has 0 N–H and O–H groups in total. The molecule has 2 heterocycles. The number of benzene rings is 7. The van der Waals surface area contributed by atoms with E-state index >= 15 is 0 Å². The third kappa shape index (κ3) is 7.32. The molecule has 9 aromatic rings. The molecule has 0 atom stereocenters. The zero-order valence-corrected chi connectivity index (χ0v) is 30.6. The van der Waals surface area contributed by atoms with Crippen LogP contribution in [0.1, 0.15) is 22.3 Å². The largest absolute Gasteiger partial charge is 0.248 e. The molecule has 0 fully saturated rings. The molecule has 9 rings (SSSR count). The molecule has 4 heteroatoms. The van der Waals surface area contributed by atoms with Gasteiger partial charge < -0.3 is 0 Å². The average Bonchev–Trinajstić information content (AvgIpc) is 3.29. The van der Waals surface area contributed by atoms with Crippen LogP contribution in [0.2, 0.25) is 0 Å². The summed E-state index contributed by atoms with van der Waals surface area (Å²) in [5, 5.41) is 0. The van der Waals surface area contributed by atoms with E-state index in [0.717, 1.165) is 61.5 Å². The fourth-order valence-corrected chi connectivity index (χ4v) is 7.04. The second kappa shape index (κ2) is 15.8. The van der Waals surface area contributed by atoms with Gasteiger partial charge >= 0.3 is 0 Å². The highest BCUT2D eigenvalue weighted by Crippen LogP contribution is 2.38. The van der Waals surface area contributed by atoms with Gasteiger partial charge in [0.1, 0.15) is 0 Å². The van der Waals surface area contributed by atoms with Crippen LogP contribution in [0.3, 0.4) is 0 Å². The van der Waals surface area contributed by atoms with Crippen molar-refractivity contribution < 1.29 is 0 Å². The lowest BCUT2D eigenvalue weighted by molar-refractivity contribution is 1.07. The minimum absolute atomic E-state index is 0.621. The Balaban J connectivity index is 1.09. The Bertz CT molecular complexity index is 2650. The van der Waals surface area contributed by atoms with Crippen LogP contribution in [-0.4, -0.2) is 19.9 Å². The maximum atomic E-state index is 5.20. The summed E-state index contributed by atoms with van der Waals surface area (Å²) >= 11 is 0. The molecule has 0 saturated heterocycles. The van der Waals surface area contributed by atoms with Gasteiger partial charge in [0.2, 0.25) is 0 Å². The van der Waals surface area contributed by atoms with E-state index in [0.29, 0.717) is 17.5 Å². The predicted octanol–water partition coefficient (Wildman–Crippen LogP) is 12.6. The van der Waals surface area contributed by atoms with E-state index in [1.165, 1.54) is 11.1 Å². The Labute approximate surface area is 327 Å². The van der Waals surface area contributed by atoms with Crippen LogP contribution >= 0.6 is 0 Å². The molecule has 7 aromatic carbocycles. The number of nitrogens with zero attached hydrogens (tertiary/aromatic N) is 4. The molecule has 0 saturated carbocycles. The van der Waals surface area contributed by atoms with Crippen LogP contribution in [0.4, 0.5) is 0 Å². The lowest BCUT2D eigenvalue weighted by Gasteiger charge is -2.18. The highest BCUT2D eigenvalue weighted by molar-refractivity contribution is 6.05. The summed E-state index contributed by atoms with van der Waals surface area (Å²) < 4.78 is 0. The SMILES string of the molecule is c1ccc(C(=C(c2ccccc2)c2cccc(-c3cccc(-c4ccc(-c5nc(-c6ccccc6)nc(-c6ccccc6)n5)cc4)n3)c2)c2ccccc2)cc1. The average molecular weight is 717 g/mol. The van der Waals surface area contributed by atoms with E-state index in [1.807, 2.05) is 60.7 Å². The van der Waals surface area contributed by atoms with Gasteiger partial charge in [0.25, 0.3) is 0 Å². The molecule has 0 aliphatic carbocycles. The molecule has 4 nitrogen and oxygen atoms in total. The monoisotopic (exact) mass is 716 g/mol. The van der Waals surface area contributed by atoms with Crippen molar-refractivity contribution in [2.75, 3.05) is 0 Å². The van der Waals surface area contributed by atoms with Crippen LogP contribution in [-0.2, 0) is 0 Å². The summed E-state index contributed by atoms with van der Waals surface area (Å²) in [4.78, 5) is 19.9. The second-order valence-corrected chi connectivity index (χ2v) is 13.5. The molecular formula is C52H36N4. The van der Waals surface area contributed by atoms with Gasteiger partial charge in [-0.1, -0.05) is 200 Å². The summed E-state index contributed by atoms with van der Waals surface area (Å²) in [7, 11) is 0. The van der Waals surface area contributed by atoms with E-state index in [-0.39, 0.29) is 0 Å². The molecule has 56 heavy (non-hydrogen) atoms. The van der Waals surface area contributed by atoms with Gasteiger partial charge in [0.15, 0.2) is 17.5 Å². The minimum Gasteiger partial charge on any atom is -0.248 e. The number of hydrogen-bond donors (Lipinski definition) is 0. The lowest BCUT2D eigenvalue weighted by Crippen LogP contribution is -2.00. The van der Waals surface area contributed by atoms with E-state index in [1.54, 1.807) is 0 Å². The molecule has 0 radical (unpaired) electrons. The highest BCUT2D eigenvalue weighted by Gasteiger charge is 2.17. The van der Waals surface area contributed by atoms with Gasteiger partial charge in [-0.3, -0.25) is 0 Å². The summed E-state index contributed by atoms with van der Waals surface area (Å²) in [6.45, 7) is 0. The molecule has 0 amide bonds. The van der Waals surface area contributed by atoms with Crippen LogP contribution in [0.15, 0.2) is 218 Å². The first kappa shape index (κ1) is 34.2. The van der Waals surface area contributed by atoms with Crippen LogP contribution in [0.5, 0.6) is 0 Å². The maximum absolute atomic E-state index is 5.20. The molecule has 0 unspecified atom stereocenters. The number of rotatable bonds is 9. The van der Waals surface area contributed by atoms with Crippen molar-refractivity contribution in [3.8, 4) is 56.7 Å². The van der Waals surface area contributed by atoms with Gasteiger partial charge in [-0.05, 0) is 51.6 Å². The number of hydrogen-bond acceptors (Lipinski definition) is 4. The van der Waals surface area contributed by atoms with Gasteiger partial charge in [0, 0.05) is 27.8 Å². The first-order valence-corrected chi connectivity index (χ1v) is 18.7. The molecule has 0 spiro atoms. The summed E-state index contributed by atoms with van der Waals surface area (Å²) in [6.07, 6.45) is 0. The quantitative estimate of drug-likeness (QED) is 0.140. The normalized spacial score (nSPS) is 10.9. The van der Waals surface area contributed by atoms with Gasteiger partial charge in [-0.25, -0.2) is 19.9 Å². The highest BCUT2D eigenvalue weighted by atomic mass is 15.0. The predicted molar refractivity (Wildman–Crippen MR) is 229 cm³/mol. The van der Waals surface area contributed by atoms with Crippen molar-refractivity contribution in [2.24, 2.45) is 0 Å². The fraction of sp³-hybridized carbons (Fsp3) is 0. The third-order valence-corrected chi connectivity index (χ3v) is 9.77. The first-order chi connectivity index (χ1) is 27.8. The Morgan fingerprint density at radius 1 is 0.232 bits per heavy atom. The third-order valence-electron chi connectivity index (χ3n) is 9.77. The smallest absolute Gasteiger partial charge is 0.164 e. The van der Waals surface area contributed by atoms with E-state index in [4.69, 9.17) is 19.9 Å². The van der Waals surface area contributed by atoms with Crippen LogP contribution in [0.25, 0.3) is 67.8 Å². The topological polar surface area (TPSA) is 51.6 Å².